The molecule has 80 valence electrons. The first-order chi connectivity index (χ1) is 7.15. The maximum Gasteiger partial charge on any atom is 0.262 e. The van der Waals surface area contributed by atoms with E-state index in [1.165, 1.54) is 5.56 Å². The van der Waals surface area contributed by atoms with Crippen LogP contribution in [0.25, 0.3) is 0 Å². The molecule has 0 atom stereocenters. The van der Waals surface area contributed by atoms with Gasteiger partial charge in [-0.3, -0.25) is 4.79 Å². The molecule has 0 saturated carbocycles. The number of amides is 1. The van der Waals surface area contributed by atoms with Gasteiger partial charge in [0.15, 0.2) is 6.61 Å². The second-order valence-electron chi connectivity index (χ2n) is 4.27. The van der Waals surface area contributed by atoms with E-state index in [0.717, 1.165) is 17.9 Å². The Bertz CT molecular complexity index is 385. The number of benzene rings is 1. The number of fused-ring (bicyclic) bond motifs is 1. The van der Waals surface area contributed by atoms with Crippen molar-refractivity contribution < 1.29 is 9.53 Å². The number of hydrogen-bond donors (Lipinski definition) is 1. The molecule has 1 heterocycles. The molecule has 0 radical (unpaired) electrons. The van der Waals surface area contributed by atoms with Crippen LogP contribution in [0.3, 0.4) is 0 Å². The zero-order valence-electron chi connectivity index (χ0n) is 9.04. The van der Waals surface area contributed by atoms with Crippen molar-refractivity contribution in [1.82, 2.24) is 0 Å². The minimum absolute atomic E-state index is 0.0794. The molecule has 0 spiro atoms. The normalized spacial score (nSPS) is 14.5. The summed E-state index contributed by atoms with van der Waals surface area (Å²) in [5.74, 6) is 1.30. The van der Waals surface area contributed by atoms with Crippen molar-refractivity contribution >= 4 is 11.6 Å². The molecular formula is C12H15NO2. The van der Waals surface area contributed by atoms with Gasteiger partial charge in [0.1, 0.15) is 5.75 Å². The second-order valence-corrected chi connectivity index (χ2v) is 4.27. The van der Waals surface area contributed by atoms with Crippen molar-refractivity contribution in [2.45, 2.75) is 20.3 Å². The van der Waals surface area contributed by atoms with Crippen molar-refractivity contribution in [3.05, 3.63) is 23.8 Å². The topological polar surface area (TPSA) is 38.3 Å². The molecule has 1 N–H and O–H groups in total. The first kappa shape index (κ1) is 10.0. The maximum atomic E-state index is 11.1. The van der Waals surface area contributed by atoms with E-state index >= 15 is 0 Å². The zero-order valence-corrected chi connectivity index (χ0v) is 9.04. The van der Waals surface area contributed by atoms with E-state index in [2.05, 4.69) is 25.2 Å². The Hall–Kier alpha value is -1.51. The lowest BCUT2D eigenvalue weighted by Crippen LogP contribution is -2.25. The van der Waals surface area contributed by atoms with Gasteiger partial charge in [0, 0.05) is 0 Å². The summed E-state index contributed by atoms with van der Waals surface area (Å²) >= 11 is 0. The van der Waals surface area contributed by atoms with E-state index in [0.29, 0.717) is 5.92 Å². The van der Waals surface area contributed by atoms with Gasteiger partial charge in [0.2, 0.25) is 0 Å². The first-order valence-corrected chi connectivity index (χ1v) is 5.21. The fraction of sp³-hybridized carbons (Fsp3) is 0.417. The summed E-state index contributed by atoms with van der Waals surface area (Å²) in [6.45, 7) is 4.47. The number of anilines is 1. The summed E-state index contributed by atoms with van der Waals surface area (Å²) < 4.78 is 5.28. The van der Waals surface area contributed by atoms with E-state index in [9.17, 15) is 4.79 Å². The summed E-state index contributed by atoms with van der Waals surface area (Å²) in [5, 5.41) is 2.81. The van der Waals surface area contributed by atoms with Gasteiger partial charge in [-0.25, -0.2) is 0 Å². The van der Waals surface area contributed by atoms with Gasteiger partial charge in [-0.15, -0.1) is 0 Å². The van der Waals surface area contributed by atoms with Crippen LogP contribution in [-0.2, 0) is 11.2 Å². The van der Waals surface area contributed by atoms with Crippen LogP contribution in [0.2, 0.25) is 0 Å². The van der Waals surface area contributed by atoms with Crippen molar-refractivity contribution in [2.75, 3.05) is 11.9 Å². The van der Waals surface area contributed by atoms with Crippen LogP contribution in [-0.4, -0.2) is 12.5 Å². The predicted molar refractivity (Wildman–Crippen MR) is 59.1 cm³/mol. The zero-order chi connectivity index (χ0) is 10.8. The molecule has 1 aliphatic heterocycles. The molecule has 0 aliphatic carbocycles. The molecule has 1 aromatic rings. The van der Waals surface area contributed by atoms with Crippen LogP contribution in [0.15, 0.2) is 18.2 Å². The Balaban J connectivity index is 2.24. The van der Waals surface area contributed by atoms with Gasteiger partial charge in [0.25, 0.3) is 5.91 Å². The summed E-state index contributed by atoms with van der Waals surface area (Å²) in [7, 11) is 0. The molecule has 3 nitrogen and oxygen atoms in total. The molecule has 0 unspecified atom stereocenters. The molecule has 3 heteroatoms. The Kier molecular flexibility index (Phi) is 2.62. The second kappa shape index (κ2) is 3.93. The van der Waals surface area contributed by atoms with E-state index < -0.39 is 0 Å². The van der Waals surface area contributed by atoms with Crippen molar-refractivity contribution in [3.63, 3.8) is 0 Å². The summed E-state index contributed by atoms with van der Waals surface area (Å²) in [5.41, 5.74) is 2.03. The average Bonchev–Trinajstić information content (AvgIpc) is 2.16. The van der Waals surface area contributed by atoms with Gasteiger partial charge >= 0.3 is 0 Å². The number of hydrogen-bond acceptors (Lipinski definition) is 2. The third-order valence-corrected chi connectivity index (χ3v) is 2.32. The Labute approximate surface area is 89.4 Å². The van der Waals surface area contributed by atoms with Crippen molar-refractivity contribution in [2.24, 2.45) is 5.92 Å². The molecule has 0 bridgehead atoms. The Morgan fingerprint density at radius 3 is 3.00 bits per heavy atom. The molecule has 1 aromatic carbocycles. The van der Waals surface area contributed by atoms with Crippen LogP contribution in [0, 0.1) is 5.92 Å². The molecule has 0 fully saturated rings. The highest BCUT2D eigenvalue weighted by Crippen LogP contribution is 2.29. The fourth-order valence-corrected chi connectivity index (χ4v) is 1.73. The minimum atomic E-state index is -0.0794. The first-order valence-electron chi connectivity index (χ1n) is 5.21. The molecule has 1 aliphatic rings. The quantitative estimate of drug-likeness (QED) is 0.804. The van der Waals surface area contributed by atoms with Crippen molar-refractivity contribution in [1.29, 1.82) is 0 Å². The smallest absolute Gasteiger partial charge is 0.262 e. The molecule has 0 aromatic heterocycles. The highest BCUT2D eigenvalue weighted by atomic mass is 16.5. The summed E-state index contributed by atoms with van der Waals surface area (Å²) in [6, 6.07) is 5.97. The van der Waals surface area contributed by atoms with Crippen LogP contribution in [0.5, 0.6) is 5.75 Å². The highest BCUT2D eigenvalue weighted by molar-refractivity contribution is 5.95. The summed E-state index contributed by atoms with van der Waals surface area (Å²) in [6.07, 6.45) is 1.02. The lowest BCUT2D eigenvalue weighted by molar-refractivity contribution is -0.118. The number of rotatable bonds is 2. The lowest BCUT2D eigenvalue weighted by atomic mass is 10.0. The molecule has 15 heavy (non-hydrogen) atoms. The average molecular weight is 205 g/mol. The standard InChI is InChI=1S/C12H15NO2/c1-8(2)5-9-3-4-11-10(6-9)13-12(14)7-15-11/h3-4,6,8H,5,7H2,1-2H3,(H,13,14). The van der Waals surface area contributed by atoms with E-state index in [1.807, 2.05) is 12.1 Å². The van der Waals surface area contributed by atoms with E-state index in [1.54, 1.807) is 0 Å². The van der Waals surface area contributed by atoms with Crippen LogP contribution >= 0.6 is 0 Å². The minimum Gasteiger partial charge on any atom is -0.482 e. The number of nitrogens with one attached hydrogen (secondary N) is 1. The monoisotopic (exact) mass is 205 g/mol. The third kappa shape index (κ3) is 2.29. The maximum absolute atomic E-state index is 11.1. The number of carbonyl (C=O) groups excluding carboxylic acids is 1. The van der Waals surface area contributed by atoms with Gasteiger partial charge in [-0.2, -0.15) is 0 Å². The predicted octanol–water partition coefficient (Wildman–Crippen LogP) is 2.22. The van der Waals surface area contributed by atoms with Crippen molar-refractivity contribution in [3.8, 4) is 5.75 Å². The van der Waals surface area contributed by atoms with Gasteiger partial charge in [-0.1, -0.05) is 19.9 Å². The Morgan fingerprint density at radius 1 is 1.47 bits per heavy atom. The van der Waals surface area contributed by atoms with Gasteiger partial charge in [0.05, 0.1) is 5.69 Å². The van der Waals surface area contributed by atoms with Crippen LogP contribution < -0.4 is 10.1 Å². The molecule has 2 rings (SSSR count). The largest absolute Gasteiger partial charge is 0.482 e. The lowest BCUT2D eigenvalue weighted by Gasteiger charge is -2.18. The van der Waals surface area contributed by atoms with Gasteiger partial charge in [-0.05, 0) is 30.0 Å². The molecular weight excluding hydrogens is 190 g/mol. The molecule has 0 saturated heterocycles. The number of ether oxygens (including phenoxy) is 1. The summed E-state index contributed by atoms with van der Waals surface area (Å²) in [4.78, 5) is 11.1. The Morgan fingerprint density at radius 2 is 2.27 bits per heavy atom. The third-order valence-electron chi connectivity index (χ3n) is 2.32. The van der Waals surface area contributed by atoms with Gasteiger partial charge < -0.3 is 10.1 Å². The number of carbonyl (C=O) groups is 1. The SMILES string of the molecule is CC(C)Cc1ccc2c(c1)NC(=O)CO2. The molecule has 1 amide bonds. The van der Waals surface area contributed by atoms with E-state index in [4.69, 9.17) is 4.74 Å². The fourth-order valence-electron chi connectivity index (χ4n) is 1.73. The van der Waals surface area contributed by atoms with E-state index in [-0.39, 0.29) is 12.5 Å². The van der Waals surface area contributed by atoms with Crippen LogP contribution in [0.1, 0.15) is 19.4 Å². The van der Waals surface area contributed by atoms with Crippen LogP contribution in [0.4, 0.5) is 5.69 Å². The highest BCUT2D eigenvalue weighted by Gasteiger charge is 2.15.